The van der Waals surface area contributed by atoms with Crippen LogP contribution in [0.3, 0.4) is 0 Å². The van der Waals surface area contributed by atoms with Crippen molar-refractivity contribution in [3.8, 4) is 11.4 Å². The van der Waals surface area contributed by atoms with Gasteiger partial charge in [-0.05, 0) is 42.2 Å². The lowest BCUT2D eigenvalue weighted by Gasteiger charge is -2.18. The Morgan fingerprint density at radius 3 is 2.62 bits per heavy atom. The zero-order chi connectivity index (χ0) is 18.1. The zero-order valence-corrected chi connectivity index (χ0v) is 15.1. The minimum absolute atomic E-state index is 0.393. The topological polar surface area (TPSA) is 76.9 Å². The Morgan fingerprint density at radius 1 is 1.04 bits per heavy atom. The first-order chi connectivity index (χ1) is 12.5. The van der Waals surface area contributed by atoms with E-state index in [1.165, 1.54) is 5.56 Å². The summed E-state index contributed by atoms with van der Waals surface area (Å²) in [6.45, 7) is 0. The van der Waals surface area contributed by atoms with Crippen molar-refractivity contribution in [2.45, 2.75) is 12.8 Å². The second-order valence-corrected chi connectivity index (χ2v) is 7.96. The molecule has 132 valence electrons. The van der Waals surface area contributed by atoms with E-state index in [0.717, 1.165) is 5.56 Å². The van der Waals surface area contributed by atoms with Gasteiger partial charge in [0.15, 0.2) is 5.82 Å². The molecule has 1 N–H and O–H groups in total. The summed E-state index contributed by atoms with van der Waals surface area (Å²) in [5, 5.41) is 7.96. The molecule has 0 spiro atoms. The van der Waals surface area contributed by atoms with Crippen LogP contribution in [0.2, 0.25) is 0 Å². The first-order valence-electron chi connectivity index (χ1n) is 8.29. The summed E-state index contributed by atoms with van der Waals surface area (Å²) in [6.07, 6.45) is 4.54. The van der Waals surface area contributed by atoms with E-state index in [9.17, 15) is 8.42 Å². The number of aryl methyl sites for hydroxylation is 2. The average Bonchev–Trinajstić information content (AvgIpc) is 3.07. The second kappa shape index (κ2) is 6.42. The van der Waals surface area contributed by atoms with Crippen molar-refractivity contribution in [2.75, 3.05) is 4.72 Å². The van der Waals surface area contributed by atoms with E-state index in [0.29, 0.717) is 34.8 Å². The van der Waals surface area contributed by atoms with Gasteiger partial charge in [0, 0.05) is 12.6 Å². The molecule has 26 heavy (non-hydrogen) atoms. The molecule has 6 nitrogen and oxygen atoms in total. The number of allylic oxidation sites excluding steroid dienone is 1. The highest BCUT2D eigenvalue weighted by molar-refractivity contribution is 7.96. The largest absolute Gasteiger partial charge is 0.317 e. The smallest absolute Gasteiger partial charge is 0.258 e. The Balaban J connectivity index is 1.70. The highest BCUT2D eigenvalue weighted by Crippen LogP contribution is 2.31. The monoisotopic (exact) mass is 366 g/mol. The summed E-state index contributed by atoms with van der Waals surface area (Å²) < 4.78 is 30.4. The first kappa shape index (κ1) is 16.5. The van der Waals surface area contributed by atoms with Gasteiger partial charge in [-0.1, -0.05) is 36.4 Å². The van der Waals surface area contributed by atoms with Crippen LogP contribution in [0.25, 0.3) is 17.5 Å². The van der Waals surface area contributed by atoms with E-state index >= 15 is 0 Å². The molecule has 0 aliphatic heterocycles. The van der Waals surface area contributed by atoms with Gasteiger partial charge < -0.3 is 4.57 Å². The SMILES string of the molecule is Cn1cnnc1-c1ccccc1NS(=O)(=O)C1=Cc2ccccc2CC1. The molecule has 1 aliphatic carbocycles. The molecule has 0 saturated carbocycles. The van der Waals surface area contributed by atoms with E-state index in [-0.39, 0.29) is 0 Å². The van der Waals surface area contributed by atoms with Crippen LogP contribution in [0.4, 0.5) is 5.69 Å². The van der Waals surface area contributed by atoms with Crippen molar-refractivity contribution < 1.29 is 8.42 Å². The maximum Gasteiger partial charge on any atom is 0.258 e. The van der Waals surface area contributed by atoms with Gasteiger partial charge in [-0.3, -0.25) is 4.72 Å². The molecule has 1 aromatic heterocycles. The minimum atomic E-state index is -3.65. The van der Waals surface area contributed by atoms with Gasteiger partial charge in [-0.2, -0.15) is 0 Å². The molecule has 0 radical (unpaired) electrons. The maximum absolute atomic E-state index is 12.9. The van der Waals surface area contributed by atoms with Gasteiger partial charge in [0.25, 0.3) is 10.0 Å². The van der Waals surface area contributed by atoms with Crippen LogP contribution in [0, 0.1) is 0 Å². The fourth-order valence-corrected chi connectivity index (χ4v) is 4.37. The molecule has 7 heteroatoms. The van der Waals surface area contributed by atoms with Crippen molar-refractivity contribution in [2.24, 2.45) is 7.05 Å². The molecular formula is C19H18N4O2S. The summed E-state index contributed by atoms with van der Waals surface area (Å²) >= 11 is 0. The summed E-state index contributed by atoms with van der Waals surface area (Å²) in [4.78, 5) is 0.393. The number of rotatable bonds is 4. The van der Waals surface area contributed by atoms with E-state index in [4.69, 9.17) is 0 Å². The Labute approximate surface area is 152 Å². The molecular weight excluding hydrogens is 348 g/mol. The number of hydrogen-bond acceptors (Lipinski definition) is 4. The van der Waals surface area contributed by atoms with Crippen molar-refractivity contribution in [1.29, 1.82) is 0 Å². The predicted molar refractivity (Wildman–Crippen MR) is 102 cm³/mol. The van der Waals surface area contributed by atoms with Crippen molar-refractivity contribution in [3.05, 3.63) is 70.9 Å². The summed E-state index contributed by atoms with van der Waals surface area (Å²) in [6, 6.07) is 15.1. The number of fused-ring (bicyclic) bond motifs is 1. The number of sulfonamides is 1. The zero-order valence-electron chi connectivity index (χ0n) is 14.3. The molecule has 1 aliphatic rings. The van der Waals surface area contributed by atoms with Crippen LogP contribution in [0.5, 0.6) is 0 Å². The summed E-state index contributed by atoms with van der Waals surface area (Å²) in [5.41, 5.74) is 3.31. The van der Waals surface area contributed by atoms with Gasteiger partial charge in [0.1, 0.15) is 6.33 Å². The number of anilines is 1. The van der Waals surface area contributed by atoms with Gasteiger partial charge in [-0.15, -0.1) is 10.2 Å². The van der Waals surface area contributed by atoms with Crippen molar-refractivity contribution in [1.82, 2.24) is 14.8 Å². The van der Waals surface area contributed by atoms with Crippen LogP contribution in [-0.2, 0) is 23.5 Å². The Bertz CT molecular complexity index is 1100. The first-order valence-corrected chi connectivity index (χ1v) is 9.77. The van der Waals surface area contributed by atoms with Crippen LogP contribution in [0.15, 0.2) is 59.8 Å². The highest BCUT2D eigenvalue weighted by atomic mass is 32.2. The quantitative estimate of drug-likeness (QED) is 0.769. The number of benzene rings is 2. The lowest BCUT2D eigenvalue weighted by molar-refractivity contribution is 0.605. The molecule has 0 bridgehead atoms. The van der Waals surface area contributed by atoms with Gasteiger partial charge in [0.2, 0.25) is 0 Å². The molecule has 0 unspecified atom stereocenters. The molecule has 0 fully saturated rings. The van der Waals surface area contributed by atoms with Crippen LogP contribution >= 0.6 is 0 Å². The second-order valence-electron chi connectivity index (χ2n) is 6.23. The van der Waals surface area contributed by atoms with Crippen LogP contribution < -0.4 is 4.72 Å². The predicted octanol–water partition coefficient (Wildman–Crippen LogP) is 3.21. The average molecular weight is 366 g/mol. The van der Waals surface area contributed by atoms with Gasteiger partial charge >= 0.3 is 0 Å². The van der Waals surface area contributed by atoms with Crippen LogP contribution in [0.1, 0.15) is 17.5 Å². The number of hydrogen-bond donors (Lipinski definition) is 1. The minimum Gasteiger partial charge on any atom is -0.317 e. The molecule has 0 atom stereocenters. The van der Waals surface area contributed by atoms with E-state index in [1.54, 1.807) is 29.1 Å². The van der Waals surface area contributed by atoms with E-state index in [2.05, 4.69) is 14.9 Å². The summed E-state index contributed by atoms with van der Waals surface area (Å²) in [5.74, 6) is 0.603. The third-order valence-electron chi connectivity index (χ3n) is 4.48. The fraction of sp³-hybridized carbons (Fsp3) is 0.158. The Morgan fingerprint density at radius 2 is 1.81 bits per heavy atom. The number of para-hydroxylation sites is 1. The Hall–Kier alpha value is -2.93. The van der Waals surface area contributed by atoms with Crippen molar-refractivity contribution >= 4 is 21.8 Å². The molecule has 0 saturated heterocycles. The third kappa shape index (κ3) is 3.01. The molecule has 3 aromatic rings. The standard InChI is InChI=1S/C19H18N4O2S/c1-23-13-20-21-19(23)17-8-4-5-9-18(17)22-26(24,25)16-11-10-14-6-2-3-7-15(14)12-16/h2-9,12-13,22H,10-11H2,1H3. The lowest BCUT2D eigenvalue weighted by Crippen LogP contribution is -2.18. The van der Waals surface area contributed by atoms with E-state index in [1.807, 2.05) is 43.4 Å². The maximum atomic E-state index is 12.9. The summed E-state index contributed by atoms with van der Waals surface area (Å²) in [7, 11) is -1.83. The van der Waals surface area contributed by atoms with Crippen LogP contribution in [-0.4, -0.2) is 23.2 Å². The van der Waals surface area contributed by atoms with Crippen molar-refractivity contribution in [3.63, 3.8) is 0 Å². The molecule has 4 rings (SSSR count). The third-order valence-corrected chi connectivity index (χ3v) is 5.98. The molecule has 0 amide bonds. The van der Waals surface area contributed by atoms with Gasteiger partial charge in [-0.25, -0.2) is 8.42 Å². The highest BCUT2D eigenvalue weighted by Gasteiger charge is 2.23. The normalized spacial score (nSPS) is 13.8. The molecule has 1 heterocycles. The lowest BCUT2D eigenvalue weighted by atomic mass is 9.98. The number of nitrogens with one attached hydrogen (secondary N) is 1. The van der Waals surface area contributed by atoms with E-state index < -0.39 is 10.0 Å². The van der Waals surface area contributed by atoms with Gasteiger partial charge in [0.05, 0.1) is 10.6 Å². The number of aromatic nitrogens is 3. The molecule has 2 aromatic carbocycles. The Kier molecular flexibility index (Phi) is 4.08. The fourth-order valence-electron chi connectivity index (χ4n) is 3.12. The number of nitrogens with zero attached hydrogens (tertiary/aromatic N) is 3.